The molecule has 1 heterocycles. The first kappa shape index (κ1) is 10.6. The molecule has 0 spiro atoms. The summed E-state index contributed by atoms with van der Waals surface area (Å²) in [6.07, 6.45) is 1.98. The Hall–Kier alpha value is -1.43. The van der Waals surface area contributed by atoms with Crippen molar-refractivity contribution in [3.8, 4) is 0 Å². The molecule has 0 aliphatic heterocycles. The third-order valence-corrected chi connectivity index (χ3v) is 1.64. The van der Waals surface area contributed by atoms with Gasteiger partial charge in [0.2, 0.25) is 0 Å². The van der Waals surface area contributed by atoms with Crippen LogP contribution in [-0.2, 0) is 4.74 Å². The van der Waals surface area contributed by atoms with Gasteiger partial charge in [0, 0.05) is 6.61 Å². The van der Waals surface area contributed by atoms with Crippen molar-refractivity contribution >= 4 is 5.97 Å². The van der Waals surface area contributed by atoms with Crippen LogP contribution >= 0.6 is 0 Å². The molecule has 6 nitrogen and oxygen atoms in total. The minimum absolute atomic E-state index is 0.211. The highest BCUT2D eigenvalue weighted by atomic mass is 16.5. The molecule has 1 rings (SSSR count). The van der Waals surface area contributed by atoms with Gasteiger partial charge in [0.05, 0.1) is 0 Å². The molecule has 6 heteroatoms. The fourth-order valence-electron chi connectivity index (χ4n) is 0.913. The van der Waals surface area contributed by atoms with E-state index in [1.807, 2.05) is 6.92 Å². The van der Waals surface area contributed by atoms with Gasteiger partial charge in [-0.05, 0) is 13.3 Å². The summed E-state index contributed by atoms with van der Waals surface area (Å²) < 4.78 is 6.73. The number of aromatic carboxylic acids is 1. The smallest absolute Gasteiger partial charge is 0.375 e. The highest BCUT2D eigenvalue weighted by Crippen LogP contribution is 2.05. The fraction of sp³-hybridized carbons (Fsp3) is 0.625. The first-order chi connectivity index (χ1) is 6.65. The molecular weight excluding hydrogens is 186 g/mol. The summed E-state index contributed by atoms with van der Waals surface area (Å²) in [6, 6.07) is 0. The van der Waals surface area contributed by atoms with Gasteiger partial charge in [-0.25, -0.2) is 14.5 Å². The summed E-state index contributed by atoms with van der Waals surface area (Å²) in [5, 5.41) is 12.3. The lowest BCUT2D eigenvalue weighted by Crippen LogP contribution is -2.11. The minimum atomic E-state index is -1.13. The van der Waals surface area contributed by atoms with E-state index in [1.165, 1.54) is 11.0 Å². The summed E-state index contributed by atoms with van der Waals surface area (Å²) in [7, 11) is 0. The van der Waals surface area contributed by atoms with E-state index in [9.17, 15) is 4.79 Å². The zero-order chi connectivity index (χ0) is 10.6. The molecule has 0 saturated heterocycles. The average molecular weight is 199 g/mol. The van der Waals surface area contributed by atoms with Crippen molar-refractivity contribution in [3.05, 3.63) is 12.2 Å². The van der Waals surface area contributed by atoms with Crippen molar-refractivity contribution in [1.29, 1.82) is 0 Å². The molecule has 1 N–H and O–H groups in total. The SMILES string of the molecule is CCCOC(C)n1cnc(C(=O)O)n1. The molecule has 0 amide bonds. The van der Waals surface area contributed by atoms with Crippen molar-refractivity contribution in [2.45, 2.75) is 26.5 Å². The molecule has 0 aliphatic rings. The number of carboxylic acids is 1. The number of carbonyl (C=O) groups is 1. The van der Waals surface area contributed by atoms with Crippen LogP contribution in [0.3, 0.4) is 0 Å². The maximum absolute atomic E-state index is 10.5. The normalized spacial score (nSPS) is 12.7. The van der Waals surface area contributed by atoms with E-state index < -0.39 is 5.97 Å². The quantitative estimate of drug-likeness (QED) is 0.763. The van der Waals surface area contributed by atoms with Gasteiger partial charge >= 0.3 is 5.97 Å². The topological polar surface area (TPSA) is 77.2 Å². The lowest BCUT2D eigenvalue weighted by atomic mass is 10.5. The van der Waals surface area contributed by atoms with Gasteiger partial charge in [-0.1, -0.05) is 6.92 Å². The fourth-order valence-corrected chi connectivity index (χ4v) is 0.913. The molecule has 1 atom stereocenters. The van der Waals surface area contributed by atoms with Crippen LogP contribution in [-0.4, -0.2) is 32.4 Å². The summed E-state index contributed by atoms with van der Waals surface area (Å²) in [6.45, 7) is 4.40. The number of carboxylic acid groups (broad SMARTS) is 1. The van der Waals surface area contributed by atoms with E-state index in [4.69, 9.17) is 9.84 Å². The molecular formula is C8H13N3O3. The molecule has 0 fully saturated rings. The second-order valence-corrected chi connectivity index (χ2v) is 2.82. The maximum Gasteiger partial charge on any atom is 0.375 e. The number of hydrogen-bond acceptors (Lipinski definition) is 4. The van der Waals surface area contributed by atoms with Gasteiger partial charge < -0.3 is 9.84 Å². The van der Waals surface area contributed by atoms with Gasteiger partial charge in [-0.3, -0.25) is 0 Å². The van der Waals surface area contributed by atoms with E-state index in [0.717, 1.165) is 6.42 Å². The standard InChI is InChI=1S/C8H13N3O3/c1-3-4-14-6(2)11-5-9-7(10-11)8(12)13/h5-6H,3-4H2,1-2H3,(H,12,13). The van der Waals surface area contributed by atoms with E-state index in [2.05, 4.69) is 10.1 Å². The molecule has 0 saturated carbocycles. The van der Waals surface area contributed by atoms with Crippen molar-refractivity contribution in [1.82, 2.24) is 14.8 Å². The van der Waals surface area contributed by atoms with Crippen molar-refractivity contribution in [3.63, 3.8) is 0 Å². The molecule has 1 aromatic heterocycles. The Bertz CT molecular complexity index is 311. The van der Waals surface area contributed by atoms with Crippen molar-refractivity contribution in [2.24, 2.45) is 0 Å². The van der Waals surface area contributed by atoms with E-state index >= 15 is 0 Å². The summed E-state index contributed by atoms with van der Waals surface area (Å²) in [5.74, 6) is -1.34. The zero-order valence-electron chi connectivity index (χ0n) is 8.17. The molecule has 1 unspecified atom stereocenters. The van der Waals surface area contributed by atoms with Crippen LogP contribution in [0, 0.1) is 0 Å². The summed E-state index contributed by atoms with van der Waals surface area (Å²) >= 11 is 0. The van der Waals surface area contributed by atoms with Crippen LogP contribution in [0.25, 0.3) is 0 Å². The molecule has 0 aromatic carbocycles. The van der Waals surface area contributed by atoms with Crippen molar-refractivity contribution in [2.75, 3.05) is 6.61 Å². The predicted molar refractivity (Wildman–Crippen MR) is 47.9 cm³/mol. The molecule has 0 radical (unpaired) electrons. The van der Waals surface area contributed by atoms with Crippen LogP contribution in [0.4, 0.5) is 0 Å². The number of nitrogens with zero attached hydrogens (tertiary/aromatic N) is 3. The Morgan fingerprint density at radius 2 is 2.50 bits per heavy atom. The minimum Gasteiger partial charge on any atom is -0.475 e. The van der Waals surface area contributed by atoms with Crippen LogP contribution < -0.4 is 0 Å². The molecule has 78 valence electrons. The third-order valence-electron chi connectivity index (χ3n) is 1.64. The lowest BCUT2D eigenvalue weighted by Gasteiger charge is -2.11. The first-order valence-corrected chi connectivity index (χ1v) is 4.41. The van der Waals surface area contributed by atoms with Gasteiger partial charge in [-0.15, -0.1) is 5.10 Å². The second-order valence-electron chi connectivity index (χ2n) is 2.82. The monoisotopic (exact) mass is 199 g/mol. The van der Waals surface area contributed by atoms with Gasteiger partial charge in [0.15, 0.2) is 0 Å². The van der Waals surface area contributed by atoms with Gasteiger partial charge in [0.1, 0.15) is 12.6 Å². The molecule has 1 aromatic rings. The maximum atomic E-state index is 10.5. The molecule has 14 heavy (non-hydrogen) atoms. The molecule has 0 aliphatic carbocycles. The Morgan fingerprint density at radius 1 is 1.79 bits per heavy atom. The number of aromatic nitrogens is 3. The highest BCUT2D eigenvalue weighted by Gasteiger charge is 2.12. The number of hydrogen-bond donors (Lipinski definition) is 1. The zero-order valence-corrected chi connectivity index (χ0v) is 8.17. The van der Waals surface area contributed by atoms with E-state index in [0.29, 0.717) is 6.61 Å². The van der Waals surface area contributed by atoms with Crippen LogP contribution in [0.1, 0.15) is 37.1 Å². The third kappa shape index (κ3) is 2.53. The van der Waals surface area contributed by atoms with Crippen LogP contribution in [0.15, 0.2) is 6.33 Å². The molecule has 0 bridgehead atoms. The van der Waals surface area contributed by atoms with Crippen LogP contribution in [0.2, 0.25) is 0 Å². The van der Waals surface area contributed by atoms with Gasteiger partial charge in [-0.2, -0.15) is 0 Å². The Balaban J connectivity index is 2.61. The predicted octanol–water partition coefficient (Wildman–Crippen LogP) is 0.921. The van der Waals surface area contributed by atoms with E-state index in [1.54, 1.807) is 6.92 Å². The number of ether oxygens (including phenoxy) is 1. The van der Waals surface area contributed by atoms with E-state index in [-0.39, 0.29) is 12.1 Å². The number of rotatable bonds is 5. The second kappa shape index (κ2) is 4.71. The first-order valence-electron chi connectivity index (χ1n) is 4.41. The largest absolute Gasteiger partial charge is 0.475 e. The summed E-state index contributed by atoms with van der Waals surface area (Å²) in [5.41, 5.74) is 0. The Kier molecular flexibility index (Phi) is 3.58. The average Bonchev–Trinajstić information content (AvgIpc) is 2.62. The van der Waals surface area contributed by atoms with Crippen molar-refractivity contribution < 1.29 is 14.6 Å². The highest BCUT2D eigenvalue weighted by molar-refractivity contribution is 5.82. The van der Waals surface area contributed by atoms with Gasteiger partial charge in [0.25, 0.3) is 5.82 Å². The lowest BCUT2D eigenvalue weighted by molar-refractivity contribution is 0.00769. The Labute approximate surface area is 81.5 Å². The Morgan fingerprint density at radius 3 is 3.00 bits per heavy atom. The summed E-state index contributed by atoms with van der Waals surface area (Å²) in [4.78, 5) is 14.1. The van der Waals surface area contributed by atoms with Crippen LogP contribution in [0.5, 0.6) is 0 Å².